The van der Waals surface area contributed by atoms with Crippen LogP contribution in [0.4, 0.5) is 0 Å². The highest BCUT2D eigenvalue weighted by Crippen LogP contribution is 2.40. The summed E-state index contributed by atoms with van der Waals surface area (Å²) < 4.78 is 0. The number of fused-ring (bicyclic) bond motifs is 2. The molecule has 4 rings (SSSR count). The first-order valence-corrected chi connectivity index (χ1v) is 6.07. The minimum atomic E-state index is 0.550. The van der Waals surface area contributed by atoms with Crippen molar-refractivity contribution in [1.82, 2.24) is 4.90 Å². The second-order valence-electron chi connectivity index (χ2n) is 4.48. The van der Waals surface area contributed by atoms with Crippen LogP contribution in [0.3, 0.4) is 0 Å². The van der Waals surface area contributed by atoms with Gasteiger partial charge in [0.2, 0.25) is 0 Å². The number of rotatable bonds is 1. The van der Waals surface area contributed by atoms with E-state index in [0.29, 0.717) is 6.04 Å². The van der Waals surface area contributed by atoms with Crippen molar-refractivity contribution in [1.29, 1.82) is 0 Å². The molecule has 3 aliphatic heterocycles. The lowest BCUT2D eigenvalue weighted by molar-refractivity contribution is -0.0126. The summed E-state index contributed by atoms with van der Waals surface area (Å²) in [7, 11) is 0. The lowest BCUT2D eigenvalue weighted by atomic mass is 9.66. The molecule has 2 atom stereocenters. The van der Waals surface area contributed by atoms with Crippen LogP contribution >= 0.6 is 11.8 Å². The van der Waals surface area contributed by atoms with Gasteiger partial charge in [0.15, 0.2) is 0 Å². The summed E-state index contributed by atoms with van der Waals surface area (Å²) in [6.45, 7) is 2.59. The maximum atomic E-state index is 6.02. The van der Waals surface area contributed by atoms with E-state index in [0.717, 1.165) is 17.9 Å². The molecular weight excluding hydrogens is 168 g/mol. The number of hydrogen-bond donors (Lipinski definition) is 1. The fourth-order valence-corrected chi connectivity index (χ4v) is 3.56. The average Bonchev–Trinajstić information content (AvgIpc) is 2.01. The molecule has 0 amide bonds. The van der Waals surface area contributed by atoms with Gasteiger partial charge in [-0.05, 0) is 18.3 Å². The lowest BCUT2D eigenvalue weighted by Crippen LogP contribution is -2.65. The molecule has 2 bridgehead atoms. The minimum Gasteiger partial charge on any atom is -0.327 e. The van der Waals surface area contributed by atoms with E-state index in [9.17, 15) is 0 Å². The molecule has 2 unspecified atom stereocenters. The summed E-state index contributed by atoms with van der Waals surface area (Å²) in [5.74, 6) is 4.42. The third-order valence-corrected chi connectivity index (χ3v) is 5.01. The average molecular weight is 184 g/mol. The van der Waals surface area contributed by atoms with Gasteiger partial charge < -0.3 is 5.73 Å². The van der Waals surface area contributed by atoms with Crippen LogP contribution in [0.15, 0.2) is 0 Å². The van der Waals surface area contributed by atoms with Gasteiger partial charge in [-0.15, -0.1) is 0 Å². The van der Waals surface area contributed by atoms with Gasteiger partial charge in [0, 0.05) is 36.7 Å². The molecule has 4 fully saturated rings. The van der Waals surface area contributed by atoms with Crippen LogP contribution in [0.2, 0.25) is 0 Å². The highest BCUT2D eigenvalue weighted by atomic mass is 32.2. The molecule has 0 aromatic carbocycles. The Labute approximate surface area is 77.9 Å². The maximum Gasteiger partial charge on any atom is 0.0277 e. The third kappa shape index (κ3) is 0.963. The van der Waals surface area contributed by atoms with Crippen molar-refractivity contribution in [3.05, 3.63) is 0 Å². The van der Waals surface area contributed by atoms with Crippen molar-refractivity contribution in [3.63, 3.8) is 0 Å². The van der Waals surface area contributed by atoms with Crippen molar-refractivity contribution in [3.8, 4) is 0 Å². The molecule has 3 heterocycles. The Morgan fingerprint density at radius 2 is 1.83 bits per heavy atom. The Bertz CT molecular complexity index is 181. The maximum absolute atomic E-state index is 6.02. The van der Waals surface area contributed by atoms with Gasteiger partial charge in [0.25, 0.3) is 0 Å². The standard InChI is InChI=1S/C9H16N2S/c10-9-6-1-7(9)3-11(2-6)8-4-12-5-8/h6-9H,1-5,10H2. The Hall–Kier alpha value is 0.270. The van der Waals surface area contributed by atoms with Gasteiger partial charge in [0.1, 0.15) is 0 Å². The number of nitrogens with two attached hydrogens (primary N) is 1. The second kappa shape index (κ2) is 2.63. The monoisotopic (exact) mass is 184 g/mol. The fraction of sp³-hybridized carbons (Fsp3) is 1.00. The highest BCUT2D eigenvalue weighted by molar-refractivity contribution is 8.00. The van der Waals surface area contributed by atoms with Crippen molar-refractivity contribution in [2.45, 2.75) is 18.5 Å². The van der Waals surface area contributed by atoms with Crippen molar-refractivity contribution >= 4 is 11.8 Å². The molecule has 2 nitrogen and oxygen atoms in total. The zero-order chi connectivity index (χ0) is 8.13. The first kappa shape index (κ1) is 7.65. The summed E-state index contributed by atoms with van der Waals surface area (Å²) >= 11 is 2.08. The predicted octanol–water partition coefficient (Wildman–Crippen LogP) is 0.381. The van der Waals surface area contributed by atoms with Crippen LogP contribution in [0.1, 0.15) is 6.42 Å². The van der Waals surface area contributed by atoms with Gasteiger partial charge in [0.05, 0.1) is 0 Å². The first-order valence-electron chi connectivity index (χ1n) is 4.92. The molecule has 0 aromatic heterocycles. The van der Waals surface area contributed by atoms with Crippen molar-refractivity contribution < 1.29 is 0 Å². The van der Waals surface area contributed by atoms with Gasteiger partial charge in [-0.3, -0.25) is 4.90 Å². The SMILES string of the molecule is NC1C2CC1CN(C1CSC1)C2. The van der Waals surface area contributed by atoms with Crippen molar-refractivity contribution in [2.24, 2.45) is 17.6 Å². The topological polar surface area (TPSA) is 29.3 Å². The van der Waals surface area contributed by atoms with Crippen LogP contribution in [0.25, 0.3) is 0 Å². The van der Waals surface area contributed by atoms with Gasteiger partial charge in [-0.2, -0.15) is 11.8 Å². The number of hydrogen-bond acceptors (Lipinski definition) is 3. The molecule has 3 saturated heterocycles. The predicted molar refractivity (Wildman–Crippen MR) is 52.3 cm³/mol. The van der Waals surface area contributed by atoms with Crippen LogP contribution < -0.4 is 5.73 Å². The van der Waals surface area contributed by atoms with Crippen LogP contribution in [0, 0.1) is 11.8 Å². The molecule has 4 aliphatic rings. The van der Waals surface area contributed by atoms with E-state index in [1.165, 1.54) is 31.0 Å². The van der Waals surface area contributed by atoms with Gasteiger partial charge in [-0.25, -0.2) is 0 Å². The minimum absolute atomic E-state index is 0.550. The van der Waals surface area contributed by atoms with E-state index >= 15 is 0 Å². The van der Waals surface area contributed by atoms with Crippen LogP contribution in [-0.2, 0) is 0 Å². The molecule has 68 valence electrons. The van der Waals surface area contributed by atoms with Crippen molar-refractivity contribution in [2.75, 3.05) is 24.6 Å². The van der Waals surface area contributed by atoms with Crippen LogP contribution in [-0.4, -0.2) is 41.6 Å². The number of nitrogens with zero attached hydrogens (tertiary/aromatic N) is 1. The van der Waals surface area contributed by atoms with E-state index in [1.54, 1.807) is 0 Å². The number of piperidine rings is 2. The van der Waals surface area contributed by atoms with Gasteiger partial charge >= 0.3 is 0 Å². The molecule has 1 saturated carbocycles. The molecule has 0 radical (unpaired) electrons. The Morgan fingerprint density at radius 1 is 1.17 bits per heavy atom. The molecular formula is C9H16N2S. The Morgan fingerprint density at radius 3 is 2.25 bits per heavy atom. The smallest absolute Gasteiger partial charge is 0.0277 e. The molecule has 2 N–H and O–H groups in total. The third-order valence-electron chi connectivity index (χ3n) is 3.77. The summed E-state index contributed by atoms with van der Waals surface area (Å²) in [4.78, 5) is 2.68. The van der Waals surface area contributed by atoms with Gasteiger partial charge in [-0.1, -0.05) is 0 Å². The molecule has 0 spiro atoms. The first-order chi connectivity index (χ1) is 5.84. The molecule has 1 aliphatic carbocycles. The quantitative estimate of drug-likeness (QED) is 0.639. The molecule has 12 heavy (non-hydrogen) atoms. The normalized spacial score (nSPS) is 48.2. The van der Waals surface area contributed by atoms with Crippen LogP contribution in [0.5, 0.6) is 0 Å². The zero-order valence-electron chi connectivity index (χ0n) is 7.28. The van der Waals surface area contributed by atoms with E-state index in [-0.39, 0.29) is 0 Å². The largest absolute Gasteiger partial charge is 0.327 e. The summed E-state index contributed by atoms with van der Waals surface area (Å²) in [6.07, 6.45) is 1.41. The molecule has 3 heteroatoms. The van der Waals surface area contributed by atoms with E-state index in [4.69, 9.17) is 5.73 Å². The Kier molecular flexibility index (Phi) is 1.68. The highest BCUT2D eigenvalue weighted by Gasteiger charge is 2.46. The summed E-state index contributed by atoms with van der Waals surface area (Å²) in [5.41, 5.74) is 6.02. The summed E-state index contributed by atoms with van der Waals surface area (Å²) in [5, 5.41) is 0. The zero-order valence-corrected chi connectivity index (χ0v) is 8.09. The van der Waals surface area contributed by atoms with E-state index < -0.39 is 0 Å². The fourth-order valence-electron chi connectivity index (χ4n) is 2.69. The number of thioether (sulfide) groups is 1. The van der Waals surface area contributed by atoms with E-state index in [1.807, 2.05) is 0 Å². The second-order valence-corrected chi connectivity index (χ2v) is 5.55. The molecule has 0 aromatic rings. The van der Waals surface area contributed by atoms with E-state index in [2.05, 4.69) is 16.7 Å². The lowest BCUT2D eigenvalue weighted by Gasteiger charge is -2.55. The summed E-state index contributed by atoms with van der Waals surface area (Å²) in [6, 6.07) is 1.46. The Balaban J connectivity index is 1.63.